The van der Waals surface area contributed by atoms with E-state index in [1.165, 1.54) is 74.6 Å². The maximum atomic E-state index is 4.66. The van der Waals surface area contributed by atoms with Gasteiger partial charge in [0, 0.05) is 0 Å². The topological polar surface area (TPSA) is 78.1 Å². The van der Waals surface area contributed by atoms with E-state index in [0.717, 1.165) is 0 Å². The largest absolute Gasteiger partial charge is 0.415 e. The summed E-state index contributed by atoms with van der Waals surface area (Å²) >= 11 is 26.9. The van der Waals surface area contributed by atoms with Crippen LogP contribution in [0.25, 0.3) is 0 Å². The molecule has 31 heavy (non-hydrogen) atoms. The van der Waals surface area contributed by atoms with Crippen molar-refractivity contribution in [2.45, 2.75) is 77.6 Å². The minimum atomic E-state index is 0.0833. The Labute approximate surface area is 234 Å². The van der Waals surface area contributed by atoms with E-state index < -0.39 is 0 Å². The molecule has 0 bridgehead atoms. The first-order chi connectivity index (χ1) is 14.5. The van der Waals surface area contributed by atoms with Crippen molar-refractivity contribution in [2.75, 3.05) is 0 Å². The Kier molecular flexibility index (Phi) is 32.7. The van der Waals surface area contributed by atoms with Crippen LogP contribution < -0.4 is 21.2 Å². The fourth-order valence-electron chi connectivity index (χ4n) is 2.51. The number of aryl methyl sites for hydroxylation is 1. The SMILES string of the molecule is CCCCCCCCCCCCc1cccc[c]1[Mo+3].NC(=S)[S-].NC(=S)[S-].NC(=S)[S-]. The molecule has 6 N–H and O–H groups in total. The number of nitrogens with two attached hydrogens (primary N) is 3. The van der Waals surface area contributed by atoms with Crippen molar-refractivity contribution in [2.24, 2.45) is 17.2 Å². The quantitative estimate of drug-likeness (QED) is 0.142. The maximum Gasteiger partial charge on any atom is -0.0708 e. The van der Waals surface area contributed by atoms with Crippen LogP contribution in [-0.4, -0.2) is 13.0 Å². The molecule has 10 heteroatoms. The van der Waals surface area contributed by atoms with Gasteiger partial charge in [0.15, 0.2) is 0 Å². The van der Waals surface area contributed by atoms with Gasteiger partial charge in [-0.05, 0) is 0 Å². The van der Waals surface area contributed by atoms with Crippen LogP contribution in [0.2, 0.25) is 0 Å². The molecule has 3 nitrogen and oxygen atoms in total. The van der Waals surface area contributed by atoms with E-state index >= 15 is 0 Å². The maximum absolute atomic E-state index is 4.66. The molecule has 0 aliphatic heterocycles. The van der Waals surface area contributed by atoms with Gasteiger partial charge in [0.25, 0.3) is 0 Å². The smallest absolute Gasteiger partial charge is 0.0708 e. The molecular formula is C21H35MoN3S6. The van der Waals surface area contributed by atoms with Gasteiger partial charge >= 0.3 is 118 Å². The van der Waals surface area contributed by atoms with Crippen LogP contribution in [0.4, 0.5) is 0 Å². The van der Waals surface area contributed by atoms with E-state index in [1.807, 2.05) is 0 Å². The predicted molar refractivity (Wildman–Crippen MR) is 154 cm³/mol. The fraction of sp³-hybridized carbons (Fsp3) is 0.571. The van der Waals surface area contributed by atoms with Crippen LogP contribution in [0.5, 0.6) is 0 Å². The Hall–Kier alpha value is 0.238. The summed E-state index contributed by atoms with van der Waals surface area (Å²) in [6.07, 6.45) is 15.5. The van der Waals surface area contributed by atoms with Gasteiger partial charge in [-0.3, -0.25) is 0 Å². The Morgan fingerprint density at radius 2 is 1.03 bits per heavy atom. The van der Waals surface area contributed by atoms with Crippen LogP contribution in [0.1, 0.15) is 76.7 Å². The van der Waals surface area contributed by atoms with Crippen molar-refractivity contribution >= 4 is 91.5 Å². The van der Waals surface area contributed by atoms with Gasteiger partial charge in [0.1, 0.15) is 0 Å². The number of hydrogen-bond donors (Lipinski definition) is 3. The molecule has 0 unspecified atom stereocenters. The predicted octanol–water partition coefficient (Wildman–Crippen LogP) is 4.65. The Morgan fingerprint density at radius 1 is 0.710 bits per heavy atom. The first kappa shape index (κ1) is 35.8. The standard InChI is InChI=1S/C18H29.3CH3NS2.Mo/c1-2-3-4-5-6-7-8-9-10-12-15-18-16-13-11-14-17-18;3*2-1(3)4;/h11,13-14,16H,2-10,12,15H2,1H3;3*(H3,2,3,4);/q;;;;+3/p-3. The van der Waals surface area contributed by atoms with Crippen molar-refractivity contribution in [3.8, 4) is 0 Å². The molecule has 0 aromatic heterocycles. The van der Waals surface area contributed by atoms with Crippen LogP contribution in [0.3, 0.4) is 0 Å². The summed E-state index contributed by atoms with van der Waals surface area (Å²) in [6, 6.07) is 8.82. The average molecular weight is 618 g/mol. The number of benzene rings is 1. The zero-order chi connectivity index (χ0) is 24.5. The van der Waals surface area contributed by atoms with Crippen LogP contribution in [0.15, 0.2) is 24.3 Å². The van der Waals surface area contributed by atoms with Gasteiger partial charge in [0.05, 0.1) is 0 Å². The second-order valence-corrected chi connectivity index (χ2v) is 11.0. The number of thiocarbonyl (C=S) groups is 3. The Morgan fingerprint density at radius 3 is 1.39 bits per heavy atom. The molecule has 0 saturated heterocycles. The van der Waals surface area contributed by atoms with Crippen molar-refractivity contribution in [1.29, 1.82) is 0 Å². The molecule has 0 heterocycles. The van der Waals surface area contributed by atoms with Crippen molar-refractivity contribution in [3.63, 3.8) is 0 Å². The molecule has 0 spiro atoms. The van der Waals surface area contributed by atoms with Crippen molar-refractivity contribution in [3.05, 3.63) is 29.8 Å². The Bertz CT molecular complexity index is 547. The van der Waals surface area contributed by atoms with E-state index in [2.05, 4.69) is 143 Å². The van der Waals surface area contributed by atoms with Gasteiger partial charge < -0.3 is 91.7 Å². The summed E-state index contributed by atoms with van der Waals surface area (Å²) in [6.45, 7) is 2.29. The molecule has 0 aliphatic rings. The van der Waals surface area contributed by atoms with Gasteiger partial charge in [-0.2, -0.15) is 0 Å². The normalized spacial score (nSPS) is 8.90. The molecule has 176 valence electrons. The third-order valence-electron chi connectivity index (χ3n) is 3.77. The summed E-state index contributed by atoms with van der Waals surface area (Å²) in [7, 11) is 0. The first-order valence-corrected chi connectivity index (χ1v) is 13.6. The molecule has 0 atom stereocenters. The summed E-state index contributed by atoms with van der Waals surface area (Å²) in [5, 5.41) is 0. The molecule has 0 fully saturated rings. The average Bonchev–Trinajstić information content (AvgIpc) is 2.63. The van der Waals surface area contributed by atoms with Crippen molar-refractivity contribution < 1.29 is 19.8 Å². The minimum Gasteiger partial charge on any atom is -0.415 e. The van der Waals surface area contributed by atoms with Gasteiger partial charge in [-0.1, -0.05) is 26.3 Å². The second-order valence-electron chi connectivity index (χ2n) is 6.50. The van der Waals surface area contributed by atoms with Crippen LogP contribution in [0, 0.1) is 0 Å². The van der Waals surface area contributed by atoms with E-state index in [0.29, 0.717) is 0 Å². The summed E-state index contributed by atoms with van der Waals surface area (Å²) in [4.78, 5) is 0. The fourth-order valence-corrected chi connectivity index (χ4v) is 3.12. The molecule has 0 radical (unpaired) electrons. The molecule has 1 rings (SSSR count). The van der Waals surface area contributed by atoms with Gasteiger partial charge in [-0.25, -0.2) is 0 Å². The molecule has 1 aromatic rings. The van der Waals surface area contributed by atoms with Crippen LogP contribution >= 0.6 is 36.7 Å². The zero-order valence-electron chi connectivity index (χ0n) is 18.2. The second kappa shape index (κ2) is 28.3. The zero-order valence-corrected chi connectivity index (χ0v) is 25.1. The molecular weight excluding hydrogens is 583 g/mol. The van der Waals surface area contributed by atoms with E-state index in [1.54, 1.807) is 5.56 Å². The first-order valence-electron chi connectivity index (χ1n) is 10.2. The van der Waals surface area contributed by atoms with E-state index in [4.69, 9.17) is 0 Å². The third-order valence-corrected chi connectivity index (χ3v) is 4.75. The molecule has 0 aliphatic carbocycles. The van der Waals surface area contributed by atoms with E-state index in [-0.39, 0.29) is 13.0 Å². The van der Waals surface area contributed by atoms with Gasteiger partial charge in [0.2, 0.25) is 0 Å². The molecule has 0 saturated carbocycles. The summed E-state index contributed by atoms with van der Waals surface area (Å²) in [5.41, 5.74) is 15.5. The number of hydrogen-bond acceptors (Lipinski definition) is 6. The van der Waals surface area contributed by atoms with E-state index in [9.17, 15) is 0 Å². The van der Waals surface area contributed by atoms with Crippen LogP contribution in [-0.2, 0) is 64.1 Å². The summed E-state index contributed by atoms with van der Waals surface area (Å²) in [5.74, 6) is 0. The third kappa shape index (κ3) is 44.7. The van der Waals surface area contributed by atoms with Crippen molar-refractivity contribution in [1.82, 2.24) is 0 Å². The minimum absolute atomic E-state index is 0.0833. The number of unbranched alkanes of at least 4 members (excludes halogenated alkanes) is 9. The Balaban J connectivity index is -0.000000537. The van der Waals surface area contributed by atoms with Gasteiger partial charge in [-0.15, -0.1) is 0 Å². The number of rotatable bonds is 11. The molecule has 0 amide bonds. The molecule has 1 aromatic carbocycles. The summed E-state index contributed by atoms with van der Waals surface area (Å²) < 4.78 is 1.72. The monoisotopic (exact) mass is 619 g/mol.